The fraction of sp³-hybridized carbons (Fsp3) is 0.412. The highest BCUT2D eigenvalue weighted by atomic mass is 19.4. The maximum absolute atomic E-state index is 13.9. The molecule has 1 fully saturated rings. The number of rotatable bonds is 8. The fourth-order valence-electron chi connectivity index (χ4n) is 6.19. The van der Waals surface area contributed by atoms with Gasteiger partial charge in [-0.05, 0) is 73.4 Å². The third-order valence-electron chi connectivity index (χ3n) is 8.75. The van der Waals surface area contributed by atoms with E-state index < -0.39 is 17.8 Å². The van der Waals surface area contributed by atoms with E-state index >= 15 is 0 Å². The number of imidazole rings is 1. The lowest BCUT2D eigenvalue weighted by Crippen LogP contribution is -2.43. The molecule has 0 saturated carbocycles. The molecule has 4 aromatic rings. The third-order valence-corrected chi connectivity index (χ3v) is 8.75. The van der Waals surface area contributed by atoms with Crippen LogP contribution < -0.4 is 9.47 Å². The average Bonchev–Trinajstić information content (AvgIpc) is 3.41. The smallest absolute Gasteiger partial charge is 0.416 e. The summed E-state index contributed by atoms with van der Waals surface area (Å²) in [5.74, 6) is 1.11. The normalized spacial score (nSPS) is 17.4. The van der Waals surface area contributed by atoms with Gasteiger partial charge < -0.3 is 23.5 Å². The van der Waals surface area contributed by atoms with E-state index in [9.17, 15) is 18.0 Å². The molecule has 1 saturated heterocycles. The third kappa shape index (κ3) is 6.37. The number of carbonyl (C=O) groups excluding carboxylic acids is 1. The fourth-order valence-corrected chi connectivity index (χ4v) is 6.19. The number of ether oxygens (including phenoxy) is 3. The summed E-state index contributed by atoms with van der Waals surface area (Å²) in [4.78, 5) is 22.6. The van der Waals surface area contributed by atoms with Crippen LogP contribution in [0.15, 0.2) is 54.7 Å². The van der Waals surface area contributed by atoms with Gasteiger partial charge in [0.25, 0.3) is 5.91 Å². The Balaban J connectivity index is 1.27. The van der Waals surface area contributed by atoms with E-state index in [4.69, 9.17) is 14.2 Å². The van der Waals surface area contributed by atoms with Crippen LogP contribution in [0.3, 0.4) is 0 Å². The number of benzene rings is 2. The van der Waals surface area contributed by atoms with Gasteiger partial charge in [-0.3, -0.25) is 9.69 Å². The second-order valence-corrected chi connectivity index (χ2v) is 11.5. The molecule has 0 bridgehead atoms. The van der Waals surface area contributed by atoms with Gasteiger partial charge in [-0.1, -0.05) is 18.2 Å². The lowest BCUT2D eigenvalue weighted by atomic mass is 9.95. The zero-order valence-electron chi connectivity index (χ0n) is 25.7. The van der Waals surface area contributed by atoms with E-state index in [1.807, 2.05) is 44.2 Å². The van der Waals surface area contributed by atoms with Crippen molar-refractivity contribution in [3.63, 3.8) is 0 Å². The van der Waals surface area contributed by atoms with E-state index in [1.165, 1.54) is 11.8 Å². The number of hydrogen-bond donors (Lipinski definition) is 0. The molecule has 45 heavy (non-hydrogen) atoms. The molecule has 0 aliphatic carbocycles. The first-order valence-corrected chi connectivity index (χ1v) is 15.3. The van der Waals surface area contributed by atoms with E-state index in [1.54, 1.807) is 9.30 Å². The maximum Gasteiger partial charge on any atom is 0.416 e. The van der Waals surface area contributed by atoms with E-state index in [0.29, 0.717) is 42.5 Å². The summed E-state index contributed by atoms with van der Waals surface area (Å²) >= 11 is 0. The van der Waals surface area contributed by atoms with Crippen molar-refractivity contribution in [3.05, 3.63) is 93.9 Å². The van der Waals surface area contributed by atoms with Crippen LogP contribution in [0.5, 0.6) is 11.5 Å². The molecule has 0 spiro atoms. The van der Waals surface area contributed by atoms with Gasteiger partial charge in [0, 0.05) is 38.8 Å². The lowest BCUT2D eigenvalue weighted by molar-refractivity contribution is -0.137. The number of pyridine rings is 1. The number of amides is 1. The monoisotopic (exact) mass is 622 g/mol. The summed E-state index contributed by atoms with van der Waals surface area (Å²) in [5.41, 5.74) is 4.90. The number of hydrogen-bond acceptors (Lipinski definition) is 6. The minimum absolute atomic E-state index is 0.180. The Morgan fingerprint density at radius 2 is 1.76 bits per heavy atom. The van der Waals surface area contributed by atoms with Gasteiger partial charge in [0.1, 0.15) is 17.1 Å². The Hall–Kier alpha value is -4.09. The van der Waals surface area contributed by atoms with Gasteiger partial charge in [0.15, 0.2) is 6.61 Å². The van der Waals surface area contributed by atoms with Gasteiger partial charge >= 0.3 is 6.18 Å². The van der Waals surface area contributed by atoms with Crippen LogP contribution in [-0.4, -0.2) is 71.2 Å². The van der Waals surface area contributed by atoms with Crippen LogP contribution in [0.1, 0.15) is 52.2 Å². The molecular weight excluding hydrogens is 585 g/mol. The SMILES string of the molecule is CCOc1ccc(C2c3c(nc4cc(C(F)(F)F)ccn34)CCN2C(=O)COc2ccc(CN3CCOCC3)c(C)c2C)cc1. The molecule has 2 aliphatic heterocycles. The molecule has 1 atom stereocenters. The molecule has 1 unspecified atom stereocenters. The minimum Gasteiger partial charge on any atom is -0.494 e. The van der Waals surface area contributed by atoms with Crippen LogP contribution in [0.4, 0.5) is 13.2 Å². The van der Waals surface area contributed by atoms with E-state index in [0.717, 1.165) is 61.7 Å². The average molecular weight is 623 g/mol. The molecule has 0 radical (unpaired) electrons. The summed E-state index contributed by atoms with van der Waals surface area (Å²) in [7, 11) is 0. The highest BCUT2D eigenvalue weighted by Gasteiger charge is 2.37. The Bertz CT molecular complexity index is 1680. The standard InChI is InChI=1S/C34H37F3N4O4/c1-4-44-27-8-5-24(6-9-27)32-33-28(38-30-19-26(34(35,36)37)11-13-40(30)33)12-14-41(32)31(42)21-45-29-10-7-25(22(2)23(29)3)20-39-15-17-43-18-16-39/h5-11,13,19,32H,4,12,14-18,20-21H2,1-3H3. The van der Waals surface area contributed by atoms with Gasteiger partial charge in [-0.15, -0.1) is 0 Å². The summed E-state index contributed by atoms with van der Waals surface area (Å²) < 4.78 is 59.4. The second-order valence-electron chi connectivity index (χ2n) is 11.5. The molecule has 2 aromatic heterocycles. The first kappa shape index (κ1) is 30.9. The molecular formula is C34H37F3N4O4. The Morgan fingerprint density at radius 1 is 1.00 bits per heavy atom. The molecule has 1 amide bonds. The van der Waals surface area contributed by atoms with Gasteiger partial charge in [-0.2, -0.15) is 13.2 Å². The van der Waals surface area contributed by atoms with Gasteiger partial charge in [0.2, 0.25) is 0 Å². The summed E-state index contributed by atoms with van der Waals surface area (Å²) in [5, 5.41) is 0. The van der Waals surface area contributed by atoms with Crippen molar-refractivity contribution < 1.29 is 32.2 Å². The second kappa shape index (κ2) is 12.7. The first-order valence-electron chi connectivity index (χ1n) is 15.3. The van der Waals surface area contributed by atoms with Crippen LogP contribution in [0.2, 0.25) is 0 Å². The lowest BCUT2D eigenvalue weighted by Gasteiger charge is -2.36. The topological polar surface area (TPSA) is 68.5 Å². The zero-order chi connectivity index (χ0) is 31.7. The molecule has 238 valence electrons. The first-order chi connectivity index (χ1) is 21.6. The number of fused-ring (bicyclic) bond motifs is 3. The highest BCUT2D eigenvalue weighted by Crippen LogP contribution is 2.38. The predicted molar refractivity (Wildman–Crippen MR) is 163 cm³/mol. The maximum atomic E-state index is 13.9. The molecule has 0 N–H and O–H groups in total. The quantitative estimate of drug-likeness (QED) is 0.249. The Morgan fingerprint density at radius 3 is 2.47 bits per heavy atom. The molecule has 11 heteroatoms. The van der Waals surface area contributed by atoms with Crippen molar-refractivity contribution in [2.24, 2.45) is 0 Å². The van der Waals surface area contributed by atoms with Crippen molar-refractivity contribution in [1.29, 1.82) is 0 Å². The Labute approximate surface area is 260 Å². The van der Waals surface area contributed by atoms with Crippen LogP contribution >= 0.6 is 0 Å². The summed E-state index contributed by atoms with van der Waals surface area (Å²) in [6.45, 7) is 10.8. The predicted octanol–water partition coefficient (Wildman–Crippen LogP) is 5.75. The van der Waals surface area contributed by atoms with Crippen molar-refractivity contribution in [3.8, 4) is 11.5 Å². The number of halogens is 3. The van der Waals surface area contributed by atoms with Gasteiger partial charge in [0.05, 0.1) is 42.8 Å². The molecule has 2 aromatic carbocycles. The minimum atomic E-state index is -4.49. The number of morpholine rings is 1. The van der Waals surface area contributed by atoms with Crippen LogP contribution in [0.25, 0.3) is 5.65 Å². The Kier molecular flexibility index (Phi) is 8.74. The molecule has 8 nitrogen and oxygen atoms in total. The number of nitrogens with zero attached hydrogens (tertiary/aromatic N) is 4. The van der Waals surface area contributed by atoms with E-state index in [2.05, 4.69) is 22.9 Å². The van der Waals surface area contributed by atoms with Crippen molar-refractivity contribution in [2.45, 2.75) is 46.0 Å². The van der Waals surface area contributed by atoms with Crippen LogP contribution in [0, 0.1) is 13.8 Å². The van der Waals surface area contributed by atoms with E-state index in [-0.39, 0.29) is 18.2 Å². The van der Waals surface area contributed by atoms with Gasteiger partial charge in [-0.25, -0.2) is 4.98 Å². The number of aromatic nitrogens is 2. The molecule has 2 aliphatic rings. The molecule has 4 heterocycles. The van der Waals surface area contributed by atoms with Crippen LogP contribution in [-0.2, 0) is 28.7 Å². The summed E-state index contributed by atoms with van der Waals surface area (Å²) in [6, 6.07) is 12.9. The molecule has 6 rings (SSSR count). The number of alkyl halides is 3. The largest absolute Gasteiger partial charge is 0.494 e. The van der Waals surface area contributed by atoms with Crippen molar-refractivity contribution in [1.82, 2.24) is 19.2 Å². The highest BCUT2D eigenvalue weighted by molar-refractivity contribution is 5.79. The van der Waals surface area contributed by atoms with Crippen molar-refractivity contribution >= 4 is 11.6 Å². The zero-order valence-corrected chi connectivity index (χ0v) is 25.7. The summed E-state index contributed by atoms with van der Waals surface area (Å²) in [6.07, 6.45) is -2.69. The van der Waals surface area contributed by atoms with Crippen molar-refractivity contribution in [2.75, 3.05) is 46.1 Å². The number of carbonyl (C=O) groups is 1.